The van der Waals surface area contributed by atoms with Gasteiger partial charge in [-0.05, 0) is 19.8 Å². The molecule has 0 radical (unpaired) electrons. The van der Waals surface area contributed by atoms with E-state index in [0.29, 0.717) is 12.1 Å². The SMILES string of the molecule is CC(NC(=O)C(CO)NC(=O)C(N)CCCN=C(N)N)C(=O)NC(Cc1cnc[nH]1)C(=O)O. The van der Waals surface area contributed by atoms with Crippen molar-refractivity contribution in [2.75, 3.05) is 13.2 Å². The maximum Gasteiger partial charge on any atom is 0.326 e. The number of carbonyl (C=O) groups is 4. The lowest BCUT2D eigenvalue weighted by Gasteiger charge is -2.22. The third-order valence-corrected chi connectivity index (χ3v) is 4.47. The van der Waals surface area contributed by atoms with Gasteiger partial charge in [-0.15, -0.1) is 0 Å². The van der Waals surface area contributed by atoms with E-state index < -0.39 is 54.5 Å². The molecule has 15 heteroatoms. The Kier molecular flexibility index (Phi) is 11.3. The average Bonchev–Trinajstić information content (AvgIpc) is 3.26. The van der Waals surface area contributed by atoms with Crippen LogP contribution < -0.4 is 33.2 Å². The number of nitrogens with one attached hydrogen (secondary N) is 4. The number of aliphatic carboxylic acids is 1. The summed E-state index contributed by atoms with van der Waals surface area (Å²) in [6, 6.07) is -4.75. The highest BCUT2D eigenvalue weighted by Gasteiger charge is 2.28. The molecular weight excluding hydrogens is 438 g/mol. The lowest BCUT2D eigenvalue weighted by Crippen LogP contribution is -2.57. The summed E-state index contributed by atoms with van der Waals surface area (Å²) >= 11 is 0. The first-order valence-corrected chi connectivity index (χ1v) is 10.1. The molecule has 0 bridgehead atoms. The quantitative estimate of drug-likeness (QED) is 0.0721. The number of rotatable bonds is 14. The molecule has 1 aromatic rings. The smallest absolute Gasteiger partial charge is 0.326 e. The number of aliphatic imine (C=N–C) groups is 1. The van der Waals surface area contributed by atoms with E-state index >= 15 is 0 Å². The van der Waals surface area contributed by atoms with Gasteiger partial charge in [0.2, 0.25) is 17.7 Å². The number of aliphatic hydroxyl groups is 1. The Labute approximate surface area is 189 Å². The van der Waals surface area contributed by atoms with Crippen LogP contribution in [0.25, 0.3) is 0 Å². The van der Waals surface area contributed by atoms with Crippen molar-refractivity contribution in [1.82, 2.24) is 25.9 Å². The summed E-state index contributed by atoms with van der Waals surface area (Å²) in [6.07, 6.45) is 3.40. The summed E-state index contributed by atoms with van der Waals surface area (Å²) in [5.74, 6) is -3.65. The van der Waals surface area contributed by atoms with Crippen molar-refractivity contribution >= 4 is 29.7 Å². The van der Waals surface area contributed by atoms with Crippen molar-refractivity contribution in [2.45, 2.75) is 50.4 Å². The molecular formula is C18H31N9O6. The first kappa shape index (κ1) is 27.3. The van der Waals surface area contributed by atoms with Gasteiger partial charge in [0, 0.05) is 24.9 Å². The number of nitrogens with zero attached hydrogens (tertiary/aromatic N) is 2. The number of carboxylic acid groups (broad SMARTS) is 1. The Morgan fingerprint density at radius 2 is 1.79 bits per heavy atom. The van der Waals surface area contributed by atoms with Crippen LogP contribution >= 0.6 is 0 Å². The molecule has 0 saturated heterocycles. The molecule has 15 nitrogen and oxygen atoms in total. The van der Waals surface area contributed by atoms with E-state index in [4.69, 9.17) is 17.2 Å². The number of carbonyl (C=O) groups excluding carboxylic acids is 3. The largest absolute Gasteiger partial charge is 0.480 e. The zero-order chi connectivity index (χ0) is 25.0. The minimum atomic E-state index is -1.36. The molecule has 0 aliphatic heterocycles. The maximum atomic E-state index is 12.4. The van der Waals surface area contributed by atoms with Crippen LogP contribution in [0.1, 0.15) is 25.5 Å². The summed E-state index contributed by atoms with van der Waals surface area (Å²) in [5.41, 5.74) is 16.7. The highest BCUT2D eigenvalue weighted by Crippen LogP contribution is 2.00. The zero-order valence-corrected chi connectivity index (χ0v) is 18.2. The predicted molar refractivity (Wildman–Crippen MR) is 116 cm³/mol. The van der Waals surface area contributed by atoms with E-state index in [1.165, 1.54) is 19.4 Å². The van der Waals surface area contributed by atoms with E-state index in [1.54, 1.807) is 0 Å². The molecule has 0 aliphatic rings. The van der Waals surface area contributed by atoms with Gasteiger partial charge < -0.3 is 48.3 Å². The van der Waals surface area contributed by atoms with Crippen LogP contribution in [0.3, 0.4) is 0 Å². The molecule has 1 rings (SSSR count). The van der Waals surface area contributed by atoms with Crippen molar-refractivity contribution < 1.29 is 29.4 Å². The topological polar surface area (TPSA) is 264 Å². The minimum absolute atomic E-state index is 0.0435. The van der Waals surface area contributed by atoms with E-state index in [1.807, 2.05) is 0 Å². The van der Waals surface area contributed by atoms with Crippen molar-refractivity contribution in [3.63, 3.8) is 0 Å². The van der Waals surface area contributed by atoms with Crippen LogP contribution in [0.2, 0.25) is 0 Å². The first-order chi connectivity index (χ1) is 15.5. The lowest BCUT2D eigenvalue weighted by atomic mass is 10.1. The number of nitrogens with two attached hydrogens (primary N) is 3. The number of imidazole rings is 1. The molecule has 33 heavy (non-hydrogen) atoms. The highest BCUT2D eigenvalue weighted by molar-refractivity contribution is 5.94. The standard InChI is InChI=1S/C18H31N9O6/c1-9(14(29)26-12(17(32)33)5-10-6-22-8-24-10)25-16(31)13(7-28)27-15(30)11(19)3-2-4-23-18(20)21/h6,8-9,11-13,28H,2-5,7,19H2,1H3,(H,22,24)(H,25,31)(H,26,29)(H,27,30)(H,32,33)(H4,20,21,23). The Morgan fingerprint density at radius 3 is 2.33 bits per heavy atom. The number of aromatic nitrogens is 2. The number of carboxylic acids is 1. The summed E-state index contributed by atoms with van der Waals surface area (Å²) in [6.45, 7) is 0.857. The van der Waals surface area contributed by atoms with Gasteiger partial charge in [0.15, 0.2) is 5.96 Å². The van der Waals surface area contributed by atoms with E-state index in [0.717, 1.165) is 0 Å². The highest BCUT2D eigenvalue weighted by atomic mass is 16.4. The fraction of sp³-hybridized carbons (Fsp3) is 0.556. The summed E-state index contributed by atoms with van der Waals surface area (Å²) < 4.78 is 0. The van der Waals surface area contributed by atoms with Gasteiger partial charge >= 0.3 is 5.97 Å². The monoisotopic (exact) mass is 469 g/mol. The second-order valence-corrected chi connectivity index (χ2v) is 7.21. The van der Waals surface area contributed by atoms with Crippen LogP contribution in [0, 0.1) is 0 Å². The molecule has 0 aliphatic carbocycles. The Hall–Kier alpha value is -3.72. The van der Waals surface area contributed by atoms with Gasteiger partial charge in [-0.2, -0.15) is 0 Å². The number of aliphatic hydroxyl groups excluding tert-OH is 1. The molecule has 3 amide bonds. The van der Waals surface area contributed by atoms with Crippen molar-refractivity contribution in [1.29, 1.82) is 0 Å². The summed E-state index contributed by atoms with van der Waals surface area (Å²) in [4.78, 5) is 58.6. The number of guanidine groups is 1. The molecule has 0 saturated carbocycles. The fourth-order valence-corrected chi connectivity index (χ4v) is 2.62. The van der Waals surface area contributed by atoms with E-state index in [-0.39, 0.29) is 25.3 Å². The van der Waals surface area contributed by atoms with Crippen molar-refractivity contribution in [3.8, 4) is 0 Å². The van der Waals surface area contributed by atoms with Gasteiger partial charge in [-0.1, -0.05) is 0 Å². The maximum absolute atomic E-state index is 12.4. The first-order valence-electron chi connectivity index (χ1n) is 10.1. The Bertz CT molecular complexity index is 825. The van der Waals surface area contributed by atoms with Crippen LogP contribution in [0.5, 0.6) is 0 Å². The number of amides is 3. The van der Waals surface area contributed by atoms with Crippen LogP contribution in [-0.4, -0.2) is 87.2 Å². The van der Waals surface area contributed by atoms with Gasteiger partial charge in [0.25, 0.3) is 0 Å². The van der Waals surface area contributed by atoms with Gasteiger partial charge in [0.1, 0.15) is 18.1 Å². The fourth-order valence-electron chi connectivity index (χ4n) is 2.62. The summed E-state index contributed by atoms with van der Waals surface area (Å²) in [5, 5.41) is 25.7. The number of H-pyrrole nitrogens is 1. The van der Waals surface area contributed by atoms with E-state index in [9.17, 15) is 29.4 Å². The van der Waals surface area contributed by atoms with Crippen molar-refractivity contribution in [2.24, 2.45) is 22.2 Å². The minimum Gasteiger partial charge on any atom is -0.480 e. The Morgan fingerprint density at radius 1 is 1.12 bits per heavy atom. The molecule has 4 unspecified atom stereocenters. The molecule has 1 heterocycles. The second kappa shape index (κ2) is 13.6. The summed E-state index contributed by atoms with van der Waals surface area (Å²) in [7, 11) is 0. The third kappa shape index (κ3) is 9.96. The molecule has 0 aromatic carbocycles. The van der Waals surface area contributed by atoms with Gasteiger partial charge in [-0.3, -0.25) is 19.4 Å². The second-order valence-electron chi connectivity index (χ2n) is 7.21. The number of hydrogen-bond donors (Lipinski definition) is 9. The zero-order valence-electron chi connectivity index (χ0n) is 18.2. The lowest BCUT2D eigenvalue weighted by molar-refractivity contribution is -0.142. The molecule has 0 spiro atoms. The average molecular weight is 470 g/mol. The van der Waals surface area contributed by atoms with Gasteiger partial charge in [0.05, 0.1) is 19.0 Å². The number of aromatic amines is 1. The van der Waals surface area contributed by atoms with Crippen LogP contribution in [0.4, 0.5) is 0 Å². The molecule has 184 valence electrons. The van der Waals surface area contributed by atoms with E-state index in [2.05, 4.69) is 30.9 Å². The molecule has 1 aromatic heterocycles. The number of hydrogen-bond acceptors (Lipinski definition) is 8. The Balaban J connectivity index is 2.57. The third-order valence-electron chi connectivity index (χ3n) is 4.47. The predicted octanol–water partition coefficient (Wildman–Crippen LogP) is -4.12. The molecule has 4 atom stereocenters. The van der Waals surface area contributed by atoms with Crippen molar-refractivity contribution in [3.05, 3.63) is 18.2 Å². The normalized spacial score (nSPS) is 14.3. The molecule has 0 fully saturated rings. The van der Waals surface area contributed by atoms with Crippen LogP contribution in [-0.2, 0) is 25.6 Å². The van der Waals surface area contributed by atoms with Crippen LogP contribution in [0.15, 0.2) is 17.5 Å². The molecule has 12 N–H and O–H groups in total. The van der Waals surface area contributed by atoms with Gasteiger partial charge in [-0.25, -0.2) is 9.78 Å².